The Hall–Kier alpha value is -3.66. The molecular formula is C24H15BrN2O6. The maximum absolute atomic E-state index is 12.8. The minimum absolute atomic E-state index is 0.235. The predicted octanol–water partition coefficient (Wildman–Crippen LogP) is 3.95. The quantitative estimate of drug-likeness (QED) is 0.470. The smallest absolute Gasteiger partial charge is 0.266 e. The van der Waals surface area contributed by atoms with Gasteiger partial charge in [-0.25, -0.2) is 0 Å². The molecule has 2 aliphatic rings. The second kappa shape index (κ2) is 8.36. The second-order valence-electron chi connectivity index (χ2n) is 7.34. The summed E-state index contributed by atoms with van der Waals surface area (Å²) < 4.78 is 0.812. The van der Waals surface area contributed by atoms with Crippen molar-refractivity contribution in [2.24, 2.45) is 0 Å². The standard InChI is InChI=1S/C24H15BrN2O6/c25-15-11-9-14(10-12-15)20(33-27-23(30)18-7-3-4-8-19(18)24(27)31)13-32-26-21(28)16-5-1-2-6-17(16)22(26)29/h1-12,20H,13H2. The van der Waals surface area contributed by atoms with E-state index < -0.39 is 29.7 Å². The van der Waals surface area contributed by atoms with Crippen LogP contribution in [0.4, 0.5) is 0 Å². The summed E-state index contributed by atoms with van der Waals surface area (Å²) in [7, 11) is 0. The Kier molecular flexibility index (Phi) is 5.37. The van der Waals surface area contributed by atoms with Crippen molar-refractivity contribution in [3.05, 3.63) is 105 Å². The van der Waals surface area contributed by atoms with Gasteiger partial charge in [0.25, 0.3) is 23.6 Å². The fourth-order valence-corrected chi connectivity index (χ4v) is 3.95. The van der Waals surface area contributed by atoms with Crippen LogP contribution < -0.4 is 0 Å². The van der Waals surface area contributed by atoms with Crippen LogP contribution in [0.2, 0.25) is 0 Å². The lowest BCUT2D eigenvalue weighted by molar-refractivity contribution is -0.184. The summed E-state index contributed by atoms with van der Waals surface area (Å²) in [4.78, 5) is 62.1. The van der Waals surface area contributed by atoms with Gasteiger partial charge in [0.05, 0.1) is 22.3 Å². The fraction of sp³-hybridized carbons (Fsp3) is 0.0833. The lowest BCUT2D eigenvalue weighted by Crippen LogP contribution is -2.36. The summed E-state index contributed by atoms with van der Waals surface area (Å²) in [5.41, 5.74) is 1.52. The number of benzene rings is 3. The highest BCUT2D eigenvalue weighted by Crippen LogP contribution is 2.30. The number of fused-ring (bicyclic) bond motifs is 2. The van der Waals surface area contributed by atoms with Gasteiger partial charge in [-0.05, 0) is 42.0 Å². The third-order valence-corrected chi connectivity index (χ3v) is 5.87. The number of imide groups is 2. The highest BCUT2D eigenvalue weighted by molar-refractivity contribution is 9.10. The van der Waals surface area contributed by atoms with Crippen LogP contribution in [0.1, 0.15) is 53.1 Å². The molecule has 9 heteroatoms. The van der Waals surface area contributed by atoms with E-state index in [4.69, 9.17) is 9.68 Å². The number of rotatable bonds is 6. The van der Waals surface area contributed by atoms with Crippen LogP contribution in [-0.2, 0) is 9.68 Å². The van der Waals surface area contributed by atoms with Crippen LogP contribution in [0, 0.1) is 0 Å². The summed E-state index contributed by atoms with van der Waals surface area (Å²) in [6.07, 6.45) is -0.968. The maximum atomic E-state index is 12.8. The largest absolute Gasteiger partial charge is 0.285 e. The first kappa shape index (κ1) is 21.2. The maximum Gasteiger partial charge on any atom is 0.285 e. The number of hydroxylamine groups is 4. The highest BCUT2D eigenvalue weighted by Gasteiger charge is 2.40. The molecule has 1 unspecified atom stereocenters. The molecule has 0 bridgehead atoms. The summed E-state index contributed by atoms with van der Waals surface area (Å²) >= 11 is 3.36. The van der Waals surface area contributed by atoms with Gasteiger partial charge in [0.2, 0.25) is 0 Å². The SMILES string of the molecule is O=C1c2ccccc2C(=O)N1OCC(ON1C(=O)c2ccccc2C1=O)c1ccc(Br)cc1. The Morgan fingerprint density at radius 3 is 1.52 bits per heavy atom. The van der Waals surface area contributed by atoms with Crippen molar-refractivity contribution in [3.63, 3.8) is 0 Å². The Bertz CT molecular complexity index is 1240. The molecule has 0 spiro atoms. The van der Waals surface area contributed by atoms with Gasteiger partial charge in [0.15, 0.2) is 0 Å². The first-order valence-corrected chi connectivity index (χ1v) is 10.8. The number of halogens is 1. The number of hydrogen-bond donors (Lipinski definition) is 0. The van der Waals surface area contributed by atoms with Crippen molar-refractivity contribution in [1.29, 1.82) is 0 Å². The first-order chi connectivity index (χ1) is 16.0. The van der Waals surface area contributed by atoms with E-state index in [1.165, 1.54) is 0 Å². The number of carbonyl (C=O) groups is 4. The van der Waals surface area contributed by atoms with Gasteiger partial charge in [-0.2, -0.15) is 0 Å². The number of carbonyl (C=O) groups excluding carboxylic acids is 4. The average molecular weight is 507 g/mol. The Morgan fingerprint density at radius 2 is 1.06 bits per heavy atom. The van der Waals surface area contributed by atoms with Crippen LogP contribution in [0.5, 0.6) is 0 Å². The Labute approximate surface area is 196 Å². The second-order valence-corrected chi connectivity index (χ2v) is 8.26. The molecule has 4 amide bonds. The van der Waals surface area contributed by atoms with Gasteiger partial charge in [-0.15, -0.1) is 10.1 Å². The molecule has 0 aliphatic carbocycles. The van der Waals surface area contributed by atoms with E-state index in [2.05, 4.69) is 15.9 Å². The molecular weight excluding hydrogens is 492 g/mol. The third-order valence-electron chi connectivity index (χ3n) is 5.34. The van der Waals surface area contributed by atoms with Crippen molar-refractivity contribution in [2.45, 2.75) is 6.10 Å². The molecule has 3 aromatic carbocycles. The molecule has 0 fully saturated rings. The molecule has 2 aliphatic heterocycles. The lowest BCUT2D eigenvalue weighted by Gasteiger charge is -2.24. The van der Waals surface area contributed by atoms with E-state index in [0.29, 0.717) is 15.7 Å². The molecule has 3 aromatic rings. The number of nitrogens with zero attached hydrogens (tertiary/aromatic N) is 2. The van der Waals surface area contributed by atoms with Crippen molar-refractivity contribution in [2.75, 3.05) is 6.61 Å². The molecule has 1 atom stereocenters. The topological polar surface area (TPSA) is 93.2 Å². The molecule has 0 N–H and O–H groups in total. The van der Waals surface area contributed by atoms with Crippen LogP contribution >= 0.6 is 15.9 Å². The summed E-state index contributed by atoms with van der Waals surface area (Å²) in [5, 5.41) is 1.35. The zero-order valence-electron chi connectivity index (χ0n) is 16.9. The molecule has 33 heavy (non-hydrogen) atoms. The predicted molar refractivity (Wildman–Crippen MR) is 118 cm³/mol. The van der Waals surface area contributed by atoms with Crippen LogP contribution in [-0.4, -0.2) is 40.4 Å². The zero-order valence-corrected chi connectivity index (χ0v) is 18.5. The molecule has 0 saturated carbocycles. The Morgan fingerprint density at radius 1 is 0.636 bits per heavy atom. The third kappa shape index (κ3) is 3.66. The van der Waals surface area contributed by atoms with Gasteiger partial charge in [0, 0.05) is 4.47 Å². The molecule has 0 radical (unpaired) electrons. The first-order valence-electron chi connectivity index (χ1n) is 9.96. The van der Waals surface area contributed by atoms with Gasteiger partial charge < -0.3 is 0 Å². The zero-order chi connectivity index (χ0) is 23.1. The highest BCUT2D eigenvalue weighted by atomic mass is 79.9. The van der Waals surface area contributed by atoms with Crippen molar-refractivity contribution >= 4 is 39.6 Å². The lowest BCUT2D eigenvalue weighted by atomic mass is 10.1. The van der Waals surface area contributed by atoms with Crippen LogP contribution in [0.15, 0.2) is 77.3 Å². The van der Waals surface area contributed by atoms with Gasteiger partial charge >= 0.3 is 0 Å². The Balaban J connectivity index is 1.39. The van der Waals surface area contributed by atoms with Crippen LogP contribution in [0.25, 0.3) is 0 Å². The molecule has 164 valence electrons. The monoisotopic (exact) mass is 506 g/mol. The molecule has 8 nitrogen and oxygen atoms in total. The van der Waals surface area contributed by atoms with E-state index in [0.717, 1.165) is 4.47 Å². The summed E-state index contributed by atoms with van der Waals surface area (Å²) in [6.45, 7) is -0.305. The molecule has 0 aromatic heterocycles. The fourth-order valence-electron chi connectivity index (χ4n) is 3.68. The van der Waals surface area contributed by atoms with Gasteiger partial charge in [-0.1, -0.05) is 52.3 Å². The molecule has 0 saturated heterocycles. The van der Waals surface area contributed by atoms with Gasteiger partial charge in [-0.3, -0.25) is 28.9 Å². The summed E-state index contributed by atoms with van der Waals surface area (Å²) in [6, 6.07) is 19.8. The molecule has 5 rings (SSSR count). The van der Waals surface area contributed by atoms with E-state index in [-0.39, 0.29) is 28.9 Å². The van der Waals surface area contributed by atoms with Crippen molar-refractivity contribution in [1.82, 2.24) is 10.1 Å². The van der Waals surface area contributed by atoms with Crippen LogP contribution in [0.3, 0.4) is 0 Å². The number of hydrogen-bond acceptors (Lipinski definition) is 6. The molecule has 2 heterocycles. The minimum Gasteiger partial charge on any atom is -0.266 e. The van der Waals surface area contributed by atoms with Gasteiger partial charge in [0.1, 0.15) is 12.7 Å². The average Bonchev–Trinajstić information content (AvgIpc) is 3.22. The van der Waals surface area contributed by atoms with Crippen molar-refractivity contribution < 1.29 is 28.9 Å². The summed E-state index contributed by atoms with van der Waals surface area (Å²) in [5.74, 6) is -2.38. The normalized spacial score (nSPS) is 15.8. The van der Waals surface area contributed by atoms with Crippen molar-refractivity contribution in [3.8, 4) is 0 Å². The minimum atomic E-state index is -0.968. The van der Waals surface area contributed by atoms with E-state index in [1.54, 1.807) is 72.8 Å². The number of amides is 4. The van der Waals surface area contributed by atoms with E-state index >= 15 is 0 Å². The van der Waals surface area contributed by atoms with E-state index in [9.17, 15) is 19.2 Å². The van der Waals surface area contributed by atoms with E-state index in [1.807, 2.05) is 0 Å².